The van der Waals surface area contributed by atoms with Gasteiger partial charge in [-0.3, -0.25) is 9.19 Å². The minimum Gasteiger partial charge on any atom is -0.444 e. The fourth-order valence-electron chi connectivity index (χ4n) is 2.45. The number of amides is 1. The van der Waals surface area contributed by atoms with Gasteiger partial charge in [0.1, 0.15) is 5.60 Å². The standard InChI is InChI=1S/C16H24N2O3S/c1-16(2,3)21-15(19)18-8-6-14(10-18)12-22(20)11-13-5-4-7-17-9-13/h4-5,7,9,14H,6,8,10-12H2,1-3H3/t14-,22+/m1/s1. The third-order valence-corrected chi connectivity index (χ3v) is 4.91. The molecule has 22 heavy (non-hydrogen) atoms. The van der Waals surface area contributed by atoms with Crippen LogP contribution in [0.4, 0.5) is 4.79 Å². The molecule has 0 radical (unpaired) electrons. The molecule has 6 heteroatoms. The Balaban J connectivity index is 1.79. The fraction of sp³-hybridized carbons (Fsp3) is 0.625. The van der Waals surface area contributed by atoms with E-state index in [9.17, 15) is 9.00 Å². The molecule has 1 aromatic heterocycles. The lowest BCUT2D eigenvalue weighted by molar-refractivity contribution is 0.0289. The first-order valence-electron chi connectivity index (χ1n) is 7.55. The summed E-state index contributed by atoms with van der Waals surface area (Å²) in [4.78, 5) is 17.8. The fourth-order valence-corrected chi connectivity index (χ4v) is 3.91. The van der Waals surface area contributed by atoms with Crippen molar-refractivity contribution in [3.63, 3.8) is 0 Å². The summed E-state index contributed by atoms with van der Waals surface area (Å²) in [6.45, 7) is 6.90. The van der Waals surface area contributed by atoms with Crippen LogP contribution in [-0.2, 0) is 21.3 Å². The van der Waals surface area contributed by atoms with Crippen molar-refractivity contribution in [3.8, 4) is 0 Å². The van der Waals surface area contributed by atoms with E-state index in [0.717, 1.165) is 12.0 Å². The maximum Gasteiger partial charge on any atom is 0.410 e. The van der Waals surface area contributed by atoms with Crippen molar-refractivity contribution >= 4 is 16.9 Å². The minimum absolute atomic E-state index is 0.270. The number of ether oxygens (including phenoxy) is 1. The number of aromatic nitrogens is 1. The van der Waals surface area contributed by atoms with Crippen LogP contribution >= 0.6 is 0 Å². The molecule has 0 aliphatic carbocycles. The Morgan fingerprint density at radius 3 is 2.91 bits per heavy atom. The number of rotatable bonds is 4. The average molecular weight is 324 g/mol. The van der Waals surface area contributed by atoms with E-state index < -0.39 is 16.4 Å². The lowest BCUT2D eigenvalue weighted by Gasteiger charge is -2.24. The van der Waals surface area contributed by atoms with Crippen molar-refractivity contribution in [3.05, 3.63) is 30.1 Å². The van der Waals surface area contributed by atoms with Gasteiger partial charge in [0.15, 0.2) is 0 Å². The summed E-state index contributed by atoms with van der Waals surface area (Å²) in [6, 6.07) is 3.79. The van der Waals surface area contributed by atoms with E-state index in [1.54, 1.807) is 17.3 Å². The summed E-state index contributed by atoms with van der Waals surface area (Å²) in [6.07, 6.45) is 4.08. The van der Waals surface area contributed by atoms with E-state index in [2.05, 4.69) is 4.98 Å². The maximum absolute atomic E-state index is 12.2. The largest absolute Gasteiger partial charge is 0.444 e. The highest BCUT2D eigenvalue weighted by Crippen LogP contribution is 2.21. The van der Waals surface area contributed by atoms with Crippen molar-refractivity contribution in [2.24, 2.45) is 5.92 Å². The van der Waals surface area contributed by atoms with Gasteiger partial charge in [-0.1, -0.05) is 6.07 Å². The van der Waals surface area contributed by atoms with Crippen molar-refractivity contribution in [1.82, 2.24) is 9.88 Å². The van der Waals surface area contributed by atoms with Gasteiger partial charge in [-0.15, -0.1) is 0 Å². The Kier molecular flexibility index (Phi) is 5.56. The van der Waals surface area contributed by atoms with Crippen LogP contribution < -0.4 is 0 Å². The second-order valence-electron chi connectivity index (χ2n) is 6.69. The van der Waals surface area contributed by atoms with Crippen LogP contribution in [0.5, 0.6) is 0 Å². The molecule has 1 aliphatic heterocycles. The number of hydrogen-bond donors (Lipinski definition) is 0. The molecular weight excluding hydrogens is 300 g/mol. The highest BCUT2D eigenvalue weighted by atomic mass is 32.2. The summed E-state index contributed by atoms with van der Waals surface area (Å²) in [5.74, 6) is 1.43. The molecule has 0 N–H and O–H groups in total. The number of carbonyl (C=O) groups is 1. The molecular formula is C16H24N2O3S. The minimum atomic E-state index is -0.927. The average Bonchev–Trinajstić information content (AvgIpc) is 2.86. The van der Waals surface area contributed by atoms with Gasteiger partial charge in [0.25, 0.3) is 0 Å². The second-order valence-corrected chi connectivity index (χ2v) is 8.19. The molecule has 2 atom stereocenters. The molecule has 1 aliphatic rings. The van der Waals surface area contributed by atoms with E-state index in [1.807, 2.05) is 32.9 Å². The molecule has 2 heterocycles. The molecule has 0 saturated carbocycles. The summed E-state index contributed by atoms with van der Waals surface area (Å²) < 4.78 is 17.6. The maximum atomic E-state index is 12.2. The third kappa shape index (κ3) is 5.40. The Bertz CT molecular complexity index is 528. The summed E-state index contributed by atoms with van der Waals surface area (Å²) in [5, 5.41) is 0. The van der Waals surface area contributed by atoms with Crippen molar-refractivity contribution in [1.29, 1.82) is 0 Å². The molecule has 5 nitrogen and oxygen atoms in total. The van der Waals surface area contributed by atoms with Crippen LogP contribution in [0.25, 0.3) is 0 Å². The molecule has 2 rings (SSSR count). The number of nitrogens with zero attached hydrogens (tertiary/aromatic N) is 2. The Morgan fingerprint density at radius 1 is 1.50 bits per heavy atom. The zero-order valence-corrected chi connectivity index (χ0v) is 14.3. The molecule has 1 saturated heterocycles. The normalized spacial score (nSPS) is 20.0. The molecule has 122 valence electrons. The summed E-state index contributed by atoms with van der Waals surface area (Å²) in [5.41, 5.74) is 0.515. The zero-order chi connectivity index (χ0) is 16.2. The lowest BCUT2D eigenvalue weighted by atomic mass is 10.2. The Hall–Kier alpha value is -1.43. The van der Waals surface area contributed by atoms with Gasteiger partial charge in [-0.25, -0.2) is 4.79 Å². The van der Waals surface area contributed by atoms with E-state index in [4.69, 9.17) is 4.74 Å². The smallest absolute Gasteiger partial charge is 0.410 e. The van der Waals surface area contributed by atoms with Crippen molar-refractivity contribution in [2.45, 2.75) is 38.5 Å². The quantitative estimate of drug-likeness (QED) is 0.854. The number of pyridine rings is 1. The van der Waals surface area contributed by atoms with E-state index in [1.165, 1.54) is 0 Å². The molecule has 1 fully saturated rings. The van der Waals surface area contributed by atoms with E-state index >= 15 is 0 Å². The highest BCUT2D eigenvalue weighted by Gasteiger charge is 2.30. The van der Waals surface area contributed by atoms with Crippen LogP contribution in [0.3, 0.4) is 0 Å². The predicted octanol–water partition coefficient (Wildman–Crippen LogP) is 2.59. The van der Waals surface area contributed by atoms with Crippen LogP contribution in [-0.4, -0.2) is 44.6 Å². The summed E-state index contributed by atoms with van der Waals surface area (Å²) >= 11 is 0. The zero-order valence-electron chi connectivity index (χ0n) is 13.4. The van der Waals surface area contributed by atoms with Crippen molar-refractivity contribution < 1.29 is 13.7 Å². The van der Waals surface area contributed by atoms with Crippen LogP contribution in [0, 0.1) is 5.92 Å². The van der Waals surface area contributed by atoms with Crippen LogP contribution in [0.2, 0.25) is 0 Å². The molecule has 0 unspecified atom stereocenters. The summed E-state index contributed by atoms with van der Waals surface area (Å²) in [7, 11) is -0.927. The topological polar surface area (TPSA) is 59.5 Å². The molecule has 1 aromatic rings. The van der Waals surface area contributed by atoms with Gasteiger partial charge >= 0.3 is 6.09 Å². The molecule has 1 amide bonds. The van der Waals surface area contributed by atoms with Gasteiger partial charge in [0.05, 0.1) is 5.75 Å². The first kappa shape index (κ1) is 16.9. The van der Waals surface area contributed by atoms with Crippen molar-refractivity contribution in [2.75, 3.05) is 18.8 Å². The predicted molar refractivity (Wildman–Crippen MR) is 86.9 cm³/mol. The van der Waals surface area contributed by atoms with Gasteiger partial charge in [-0.2, -0.15) is 0 Å². The highest BCUT2D eigenvalue weighted by molar-refractivity contribution is 7.84. The number of likely N-dealkylation sites (tertiary alicyclic amines) is 1. The third-order valence-electron chi connectivity index (χ3n) is 3.41. The molecule has 0 aromatic carbocycles. The lowest BCUT2D eigenvalue weighted by Crippen LogP contribution is -2.35. The van der Waals surface area contributed by atoms with Crippen LogP contribution in [0.1, 0.15) is 32.8 Å². The molecule has 0 bridgehead atoms. The van der Waals surface area contributed by atoms with Crippen LogP contribution in [0.15, 0.2) is 24.5 Å². The second kappa shape index (κ2) is 7.22. The Labute approximate surface area is 134 Å². The van der Waals surface area contributed by atoms with Gasteiger partial charge in [0.2, 0.25) is 0 Å². The SMILES string of the molecule is CC(C)(C)OC(=O)N1CC[C@@H](C[S@@](=O)Cc2cccnc2)C1. The van der Waals surface area contributed by atoms with Gasteiger partial charge < -0.3 is 9.64 Å². The van der Waals surface area contributed by atoms with Gasteiger partial charge in [0, 0.05) is 42.0 Å². The monoisotopic (exact) mass is 324 g/mol. The number of hydrogen-bond acceptors (Lipinski definition) is 4. The first-order valence-corrected chi connectivity index (χ1v) is 9.04. The van der Waals surface area contributed by atoms with E-state index in [0.29, 0.717) is 24.6 Å². The van der Waals surface area contributed by atoms with E-state index in [-0.39, 0.29) is 12.0 Å². The first-order chi connectivity index (χ1) is 10.3. The molecule has 0 spiro atoms. The van der Waals surface area contributed by atoms with Gasteiger partial charge in [-0.05, 0) is 44.7 Å². The Morgan fingerprint density at radius 2 is 2.27 bits per heavy atom. The number of carbonyl (C=O) groups excluding carboxylic acids is 1.